The molecule has 1 aromatic carbocycles. The average molecular weight is 330 g/mol. The molecule has 2 atom stereocenters. The van der Waals surface area contributed by atoms with Crippen LogP contribution >= 0.6 is 0 Å². The Morgan fingerprint density at radius 3 is 3.00 bits per heavy atom. The van der Waals surface area contributed by atoms with E-state index < -0.39 is 12.3 Å². The second-order valence-electron chi connectivity index (χ2n) is 6.12. The molecule has 1 aliphatic rings. The molecule has 0 unspecified atom stereocenters. The number of aromatic nitrogens is 3. The number of H-pyrrole nitrogens is 2. The molecule has 1 fully saturated rings. The van der Waals surface area contributed by atoms with Crippen molar-refractivity contribution >= 4 is 16.8 Å². The molecule has 1 amide bonds. The van der Waals surface area contributed by atoms with Crippen LogP contribution in [0, 0.1) is 11.8 Å². The molecule has 0 bridgehead atoms. The number of benzene rings is 1. The van der Waals surface area contributed by atoms with Crippen LogP contribution in [0.3, 0.4) is 0 Å². The van der Waals surface area contributed by atoms with Gasteiger partial charge >= 0.3 is 0 Å². The summed E-state index contributed by atoms with van der Waals surface area (Å²) in [4.78, 5) is 15.3. The highest BCUT2D eigenvalue weighted by Gasteiger charge is 2.43. The van der Waals surface area contributed by atoms with Gasteiger partial charge < -0.3 is 10.3 Å². The monoisotopic (exact) mass is 330 g/mol. The molecule has 0 spiro atoms. The third-order valence-electron chi connectivity index (χ3n) is 4.51. The Morgan fingerprint density at radius 1 is 1.38 bits per heavy atom. The fraction of sp³-hybridized carbons (Fsp3) is 0.294. The highest BCUT2D eigenvalue weighted by molar-refractivity contribution is 5.97. The Kier molecular flexibility index (Phi) is 3.55. The van der Waals surface area contributed by atoms with Crippen molar-refractivity contribution in [3.63, 3.8) is 0 Å². The maximum atomic E-state index is 12.5. The van der Waals surface area contributed by atoms with E-state index in [0.717, 1.165) is 16.5 Å². The van der Waals surface area contributed by atoms with Gasteiger partial charge in [0, 0.05) is 35.1 Å². The lowest BCUT2D eigenvalue weighted by atomic mass is 10.1. The molecular formula is C17H16F2N4O. The van der Waals surface area contributed by atoms with Crippen molar-refractivity contribution in [1.29, 1.82) is 0 Å². The van der Waals surface area contributed by atoms with Crippen molar-refractivity contribution in [3.8, 4) is 11.3 Å². The summed E-state index contributed by atoms with van der Waals surface area (Å²) in [7, 11) is 0. The second kappa shape index (κ2) is 5.74. The van der Waals surface area contributed by atoms with Crippen LogP contribution in [-0.2, 0) is 0 Å². The molecule has 3 N–H and O–H groups in total. The summed E-state index contributed by atoms with van der Waals surface area (Å²) in [5, 5.41) is 10.6. The maximum absolute atomic E-state index is 12.5. The van der Waals surface area contributed by atoms with Crippen molar-refractivity contribution in [2.24, 2.45) is 11.8 Å². The number of carbonyl (C=O) groups excluding carboxylic acids is 1. The molecule has 5 nitrogen and oxygen atoms in total. The normalized spacial score (nSPS) is 19.8. The van der Waals surface area contributed by atoms with Crippen molar-refractivity contribution in [2.75, 3.05) is 6.54 Å². The largest absolute Gasteiger partial charge is 0.360 e. The van der Waals surface area contributed by atoms with Crippen molar-refractivity contribution in [3.05, 3.63) is 42.2 Å². The lowest BCUT2D eigenvalue weighted by Gasteiger charge is -2.02. The molecule has 0 saturated heterocycles. The molecule has 7 heteroatoms. The number of aromatic amines is 2. The third-order valence-corrected chi connectivity index (χ3v) is 4.51. The van der Waals surface area contributed by atoms with Crippen molar-refractivity contribution in [1.82, 2.24) is 20.5 Å². The average Bonchev–Trinajstić information content (AvgIpc) is 3.01. The quantitative estimate of drug-likeness (QED) is 0.672. The fourth-order valence-electron chi connectivity index (χ4n) is 2.99. The van der Waals surface area contributed by atoms with Gasteiger partial charge in [0.1, 0.15) is 5.69 Å². The fourth-order valence-corrected chi connectivity index (χ4v) is 2.99. The van der Waals surface area contributed by atoms with E-state index in [4.69, 9.17) is 0 Å². The SMILES string of the molecule is O=C(NC[C@H]1C[C@H]1C(F)F)c1cc(-c2c[nH]c3ccccc23)n[nH]1. The highest BCUT2D eigenvalue weighted by atomic mass is 19.3. The summed E-state index contributed by atoms with van der Waals surface area (Å²) < 4.78 is 24.9. The van der Waals surface area contributed by atoms with Gasteiger partial charge in [-0.1, -0.05) is 18.2 Å². The first kappa shape index (κ1) is 14.9. The number of hydrogen-bond acceptors (Lipinski definition) is 2. The van der Waals surface area contributed by atoms with Crippen LogP contribution in [0.1, 0.15) is 16.9 Å². The summed E-state index contributed by atoms with van der Waals surface area (Å²) in [5.41, 5.74) is 2.88. The lowest BCUT2D eigenvalue weighted by Crippen LogP contribution is -2.26. The Bertz CT molecular complexity index is 885. The van der Waals surface area contributed by atoms with E-state index >= 15 is 0 Å². The molecule has 2 heterocycles. The minimum atomic E-state index is -2.30. The van der Waals surface area contributed by atoms with Crippen LogP contribution in [0.5, 0.6) is 0 Å². The first-order chi connectivity index (χ1) is 11.6. The van der Waals surface area contributed by atoms with Crippen molar-refractivity contribution < 1.29 is 13.6 Å². The molecule has 0 aliphatic heterocycles. The van der Waals surface area contributed by atoms with E-state index in [1.165, 1.54) is 0 Å². The molecule has 124 valence electrons. The summed E-state index contributed by atoms with van der Waals surface area (Å²) in [5.74, 6) is -1.02. The minimum absolute atomic E-state index is 0.120. The summed E-state index contributed by atoms with van der Waals surface area (Å²) in [6, 6.07) is 9.50. The number of nitrogens with zero attached hydrogens (tertiary/aromatic N) is 1. The zero-order chi connectivity index (χ0) is 16.7. The molecule has 3 aromatic rings. The molecule has 1 aliphatic carbocycles. The molecule has 4 rings (SSSR count). The van der Waals surface area contributed by atoms with Gasteiger partial charge in [-0.3, -0.25) is 9.89 Å². The van der Waals surface area contributed by atoms with E-state index in [2.05, 4.69) is 20.5 Å². The van der Waals surface area contributed by atoms with Crippen LogP contribution < -0.4 is 5.32 Å². The second-order valence-corrected chi connectivity index (χ2v) is 6.12. The number of hydrogen-bond donors (Lipinski definition) is 3. The molecule has 0 radical (unpaired) electrons. The maximum Gasteiger partial charge on any atom is 0.269 e. The van der Waals surface area contributed by atoms with Gasteiger partial charge in [0.05, 0.1) is 5.69 Å². The van der Waals surface area contributed by atoms with Gasteiger partial charge in [0.2, 0.25) is 6.43 Å². The lowest BCUT2D eigenvalue weighted by molar-refractivity contribution is 0.0933. The van der Waals surface area contributed by atoms with E-state index in [9.17, 15) is 13.6 Å². The number of nitrogens with one attached hydrogen (secondary N) is 3. The standard InChI is InChI=1S/C17H16F2N4O/c18-16(19)11-5-9(11)7-21-17(24)15-6-14(22-23-15)12-8-20-13-4-2-1-3-10(12)13/h1-4,6,8-9,11,16,20H,5,7H2,(H,21,24)(H,22,23)/t9-,11-/m1/s1. The van der Waals surface area contributed by atoms with Crippen LogP contribution in [0.4, 0.5) is 8.78 Å². The first-order valence-electron chi connectivity index (χ1n) is 7.81. The van der Waals surface area contributed by atoms with E-state index in [1.54, 1.807) is 6.07 Å². The van der Waals surface area contributed by atoms with Crippen LogP contribution in [0.15, 0.2) is 36.5 Å². The Labute approximate surface area is 136 Å². The molecule has 1 saturated carbocycles. The van der Waals surface area contributed by atoms with Gasteiger partial charge in [0.25, 0.3) is 5.91 Å². The number of para-hydroxylation sites is 1. The van der Waals surface area contributed by atoms with E-state index in [0.29, 0.717) is 17.8 Å². The van der Waals surface area contributed by atoms with Crippen LogP contribution in [0.2, 0.25) is 0 Å². The summed E-state index contributed by atoms with van der Waals surface area (Å²) in [6.07, 6.45) is 0.0223. The predicted octanol–water partition coefficient (Wildman–Crippen LogP) is 3.19. The van der Waals surface area contributed by atoms with Crippen LogP contribution in [-0.4, -0.2) is 34.1 Å². The zero-order valence-corrected chi connectivity index (χ0v) is 12.7. The highest BCUT2D eigenvalue weighted by Crippen LogP contribution is 2.42. The number of amides is 1. The van der Waals surface area contributed by atoms with Gasteiger partial charge in [-0.05, 0) is 24.5 Å². The van der Waals surface area contributed by atoms with E-state index in [-0.39, 0.29) is 18.4 Å². The van der Waals surface area contributed by atoms with Gasteiger partial charge in [-0.2, -0.15) is 5.10 Å². The first-order valence-corrected chi connectivity index (χ1v) is 7.81. The number of halogens is 2. The number of rotatable bonds is 5. The van der Waals surface area contributed by atoms with Gasteiger partial charge in [-0.25, -0.2) is 8.78 Å². The summed E-state index contributed by atoms with van der Waals surface area (Å²) >= 11 is 0. The number of carbonyl (C=O) groups is 1. The predicted molar refractivity (Wildman–Crippen MR) is 85.8 cm³/mol. The van der Waals surface area contributed by atoms with Gasteiger partial charge in [0.15, 0.2) is 0 Å². The Morgan fingerprint density at radius 2 is 2.21 bits per heavy atom. The van der Waals surface area contributed by atoms with Crippen LogP contribution in [0.25, 0.3) is 22.2 Å². The third kappa shape index (κ3) is 2.66. The number of alkyl halides is 2. The zero-order valence-electron chi connectivity index (χ0n) is 12.7. The Balaban J connectivity index is 1.46. The Hall–Kier alpha value is -2.70. The molecule has 2 aromatic heterocycles. The van der Waals surface area contributed by atoms with Crippen molar-refractivity contribution in [2.45, 2.75) is 12.8 Å². The van der Waals surface area contributed by atoms with E-state index in [1.807, 2.05) is 30.5 Å². The smallest absolute Gasteiger partial charge is 0.269 e. The minimum Gasteiger partial charge on any atom is -0.360 e. The molecule has 24 heavy (non-hydrogen) atoms. The summed E-state index contributed by atoms with van der Waals surface area (Å²) in [6.45, 7) is 0.273. The molecular weight excluding hydrogens is 314 g/mol. The number of fused-ring (bicyclic) bond motifs is 1. The van der Waals surface area contributed by atoms with Gasteiger partial charge in [-0.15, -0.1) is 0 Å². The topological polar surface area (TPSA) is 73.6 Å².